The van der Waals surface area contributed by atoms with Crippen LogP contribution in [0.25, 0.3) is 0 Å². The summed E-state index contributed by atoms with van der Waals surface area (Å²) in [6, 6.07) is 5.28. The van der Waals surface area contributed by atoms with E-state index in [0.29, 0.717) is 17.9 Å². The molecule has 0 atom stereocenters. The summed E-state index contributed by atoms with van der Waals surface area (Å²) in [5.74, 6) is -2.37. The van der Waals surface area contributed by atoms with E-state index in [-0.39, 0.29) is 18.8 Å². The van der Waals surface area contributed by atoms with Crippen LogP contribution in [0.3, 0.4) is 0 Å². The van der Waals surface area contributed by atoms with Gasteiger partial charge in [0.1, 0.15) is 0 Å². The van der Waals surface area contributed by atoms with Gasteiger partial charge in [0.05, 0.1) is 27.3 Å². The third kappa shape index (κ3) is 6.44. The lowest BCUT2D eigenvalue weighted by atomic mass is 10.1. The van der Waals surface area contributed by atoms with Gasteiger partial charge in [0.2, 0.25) is 5.91 Å². The van der Waals surface area contributed by atoms with Gasteiger partial charge in [-0.15, -0.1) is 12.4 Å². The molecule has 0 aromatic heterocycles. The summed E-state index contributed by atoms with van der Waals surface area (Å²) >= 11 is 0. The first-order valence-electron chi connectivity index (χ1n) is 6.47. The summed E-state index contributed by atoms with van der Waals surface area (Å²) in [6.07, 6.45) is 0.524. The van der Waals surface area contributed by atoms with Crippen LogP contribution in [0, 0.1) is 0 Å². The molecule has 1 aromatic carbocycles. The van der Waals surface area contributed by atoms with Gasteiger partial charge >= 0.3 is 0 Å². The number of rotatable bonds is 8. The molecule has 0 saturated heterocycles. The maximum absolute atomic E-state index is 12.9. The number of carbonyl (C=O) groups is 1. The average molecular weight is 339 g/mol. The molecule has 8 heteroatoms. The van der Waals surface area contributed by atoms with Crippen molar-refractivity contribution in [3.8, 4) is 11.5 Å². The maximum Gasteiger partial charge on any atom is 0.277 e. The quantitative estimate of drug-likeness (QED) is 0.757. The average Bonchev–Trinajstić information content (AvgIpc) is 2.50. The van der Waals surface area contributed by atoms with Crippen LogP contribution in [0.4, 0.5) is 8.78 Å². The lowest BCUT2D eigenvalue weighted by Crippen LogP contribution is -2.41. The molecule has 0 aliphatic heterocycles. The molecule has 0 heterocycles. The third-order valence-electron chi connectivity index (χ3n) is 2.93. The van der Waals surface area contributed by atoms with Gasteiger partial charge in [-0.25, -0.2) is 8.78 Å². The van der Waals surface area contributed by atoms with Crippen molar-refractivity contribution >= 4 is 18.3 Å². The molecule has 3 N–H and O–H groups in total. The van der Waals surface area contributed by atoms with Gasteiger partial charge in [0.15, 0.2) is 11.5 Å². The molecular formula is C14H21ClF2N2O3. The van der Waals surface area contributed by atoms with Crippen molar-refractivity contribution in [2.24, 2.45) is 5.73 Å². The number of amides is 1. The number of halogens is 3. The summed E-state index contributed by atoms with van der Waals surface area (Å²) in [5, 5.41) is 2.17. The Morgan fingerprint density at radius 1 is 1.27 bits per heavy atom. The zero-order valence-electron chi connectivity index (χ0n) is 12.5. The highest BCUT2D eigenvalue weighted by Gasteiger charge is 2.26. The predicted octanol–water partition coefficient (Wildman–Crippen LogP) is 1.77. The van der Waals surface area contributed by atoms with E-state index >= 15 is 0 Å². The van der Waals surface area contributed by atoms with Gasteiger partial charge < -0.3 is 20.5 Å². The van der Waals surface area contributed by atoms with E-state index in [2.05, 4.69) is 5.32 Å². The van der Waals surface area contributed by atoms with E-state index in [1.807, 2.05) is 0 Å². The highest BCUT2D eigenvalue weighted by molar-refractivity contribution is 5.85. The van der Waals surface area contributed by atoms with E-state index in [1.54, 1.807) is 18.2 Å². The zero-order chi connectivity index (χ0) is 15.9. The van der Waals surface area contributed by atoms with Gasteiger partial charge in [-0.1, -0.05) is 6.07 Å². The molecule has 22 heavy (non-hydrogen) atoms. The van der Waals surface area contributed by atoms with E-state index < -0.39 is 24.9 Å². The van der Waals surface area contributed by atoms with E-state index in [0.717, 1.165) is 5.56 Å². The zero-order valence-corrected chi connectivity index (χ0v) is 13.3. The Kier molecular flexibility index (Phi) is 8.74. The van der Waals surface area contributed by atoms with Crippen molar-refractivity contribution in [3.63, 3.8) is 0 Å². The number of nitrogens with two attached hydrogens (primary N) is 1. The van der Waals surface area contributed by atoms with Crippen molar-refractivity contribution in [2.45, 2.75) is 18.8 Å². The fourth-order valence-corrected chi connectivity index (χ4v) is 1.68. The standard InChI is InChI=1S/C14H20F2N2O3.ClH/c1-20-11-5-3-10(7-12(11)21-2)4-6-13(19)18-9-14(15,16)8-17;/h3,5,7H,4,6,8-9,17H2,1-2H3,(H,18,19);1H. The number of hydrogen-bond acceptors (Lipinski definition) is 4. The first-order chi connectivity index (χ1) is 9.91. The molecule has 0 radical (unpaired) electrons. The summed E-state index contributed by atoms with van der Waals surface area (Å²) < 4.78 is 36.0. The van der Waals surface area contributed by atoms with E-state index in [9.17, 15) is 13.6 Å². The Hall–Kier alpha value is -1.60. The summed E-state index contributed by atoms with van der Waals surface area (Å²) in [5.41, 5.74) is 5.74. The largest absolute Gasteiger partial charge is 0.493 e. The Labute approximate surface area is 134 Å². The molecule has 0 spiro atoms. The summed E-state index contributed by atoms with van der Waals surface area (Å²) in [6.45, 7) is -1.53. The van der Waals surface area contributed by atoms with Crippen LogP contribution in [0.2, 0.25) is 0 Å². The first kappa shape index (κ1) is 20.4. The minimum absolute atomic E-state index is 0. The van der Waals surface area contributed by atoms with Crippen LogP contribution in [-0.2, 0) is 11.2 Å². The number of benzene rings is 1. The van der Waals surface area contributed by atoms with Crippen LogP contribution >= 0.6 is 12.4 Å². The highest BCUT2D eigenvalue weighted by Crippen LogP contribution is 2.27. The van der Waals surface area contributed by atoms with Crippen molar-refractivity contribution in [2.75, 3.05) is 27.3 Å². The molecule has 1 aromatic rings. The SMILES string of the molecule is COc1ccc(CCC(=O)NCC(F)(F)CN)cc1OC.Cl. The second kappa shape index (κ2) is 9.42. The van der Waals surface area contributed by atoms with Crippen LogP contribution in [0.15, 0.2) is 18.2 Å². The number of alkyl halides is 2. The van der Waals surface area contributed by atoms with E-state index in [4.69, 9.17) is 15.2 Å². The smallest absolute Gasteiger partial charge is 0.277 e. The second-order valence-corrected chi connectivity index (χ2v) is 4.53. The molecule has 0 aliphatic rings. The number of nitrogens with one attached hydrogen (secondary N) is 1. The molecule has 1 rings (SSSR count). The monoisotopic (exact) mass is 338 g/mol. The predicted molar refractivity (Wildman–Crippen MR) is 82.1 cm³/mol. The maximum atomic E-state index is 12.9. The Morgan fingerprint density at radius 2 is 1.91 bits per heavy atom. The second-order valence-electron chi connectivity index (χ2n) is 4.53. The molecule has 0 aliphatic carbocycles. The number of carbonyl (C=O) groups excluding carboxylic acids is 1. The molecular weight excluding hydrogens is 318 g/mol. The highest BCUT2D eigenvalue weighted by atomic mass is 35.5. The van der Waals surface area contributed by atoms with Crippen molar-refractivity contribution in [1.29, 1.82) is 0 Å². The van der Waals surface area contributed by atoms with E-state index in [1.165, 1.54) is 14.2 Å². The lowest BCUT2D eigenvalue weighted by Gasteiger charge is -2.14. The molecule has 0 unspecified atom stereocenters. The lowest BCUT2D eigenvalue weighted by molar-refractivity contribution is -0.122. The van der Waals surface area contributed by atoms with Crippen LogP contribution in [-0.4, -0.2) is 39.1 Å². The minimum Gasteiger partial charge on any atom is -0.493 e. The minimum atomic E-state index is -3.07. The van der Waals surface area contributed by atoms with Crippen LogP contribution in [0.1, 0.15) is 12.0 Å². The van der Waals surface area contributed by atoms with Crippen molar-refractivity contribution in [1.82, 2.24) is 5.32 Å². The van der Waals surface area contributed by atoms with Crippen molar-refractivity contribution in [3.05, 3.63) is 23.8 Å². The van der Waals surface area contributed by atoms with Gasteiger partial charge in [-0.3, -0.25) is 4.79 Å². The van der Waals surface area contributed by atoms with Crippen LogP contribution < -0.4 is 20.5 Å². The Bertz CT molecular complexity index is 487. The molecule has 0 saturated carbocycles. The topological polar surface area (TPSA) is 73.6 Å². The third-order valence-corrected chi connectivity index (χ3v) is 2.93. The number of methoxy groups -OCH3 is 2. The molecule has 0 bridgehead atoms. The van der Waals surface area contributed by atoms with Crippen LogP contribution in [0.5, 0.6) is 11.5 Å². The summed E-state index contributed by atoms with van der Waals surface area (Å²) in [7, 11) is 3.05. The fraction of sp³-hybridized carbons (Fsp3) is 0.500. The molecule has 126 valence electrons. The number of aryl methyl sites for hydroxylation is 1. The van der Waals surface area contributed by atoms with Gasteiger partial charge in [-0.05, 0) is 24.1 Å². The fourth-order valence-electron chi connectivity index (χ4n) is 1.68. The van der Waals surface area contributed by atoms with Gasteiger partial charge in [0.25, 0.3) is 5.92 Å². The Morgan fingerprint density at radius 3 is 2.45 bits per heavy atom. The molecule has 5 nitrogen and oxygen atoms in total. The Balaban J connectivity index is 0.00000441. The number of ether oxygens (including phenoxy) is 2. The van der Waals surface area contributed by atoms with Gasteiger partial charge in [0, 0.05) is 6.42 Å². The summed E-state index contributed by atoms with van der Waals surface area (Å²) in [4.78, 5) is 11.5. The van der Waals surface area contributed by atoms with Crippen molar-refractivity contribution < 1.29 is 23.0 Å². The normalized spacial score (nSPS) is 10.6. The molecule has 1 amide bonds. The van der Waals surface area contributed by atoms with Gasteiger partial charge in [-0.2, -0.15) is 0 Å². The molecule has 0 fully saturated rings. The first-order valence-corrected chi connectivity index (χ1v) is 6.47. The number of hydrogen-bond donors (Lipinski definition) is 2.